The molecule has 0 fully saturated rings. The fourth-order valence-electron chi connectivity index (χ4n) is 1.24. The summed E-state index contributed by atoms with van der Waals surface area (Å²) >= 11 is 0. The summed E-state index contributed by atoms with van der Waals surface area (Å²) in [7, 11) is 0. The molecule has 2 unspecified atom stereocenters. The second-order valence-corrected chi connectivity index (χ2v) is 3.40. The van der Waals surface area contributed by atoms with Gasteiger partial charge in [-0.15, -0.1) is 0 Å². The highest BCUT2D eigenvalue weighted by atomic mass is 16.5. The first-order valence-electron chi connectivity index (χ1n) is 5.41. The van der Waals surface area contributed by atoms with Crippen molar-refractivity contribution in [3.8, 4) is 0 Å². The van der Waals surface area contributed by atoms with Crippen LogP contribution in [0.5, 0.6) is 0 Å². The van der Waals surface area contributed by atoms with Crippen molar-refractivity contribution >= 4 is 5.97 Å². The second-order valence-electron chi connectivity index (χ2n) is 3.40. The van der Waals surface area contributed by atoms with Gasteiger partial charge in [0, 0.05) is 6.61 Å². The van der Waals surface area contributed by atoms with Gasteiger partial charge in [-0.2, -0.15) is 0 Å². The zero-order valence-electron chi connectivity index (χ0n) is 9.71. The summed E-state index contributed by atoms with van der Waals surface area (Å²) in [5, 5.41) is 0. The summed E-state index contributed by atoms with van der Waals surface area (Å²) in [4.78, 5) is 11.5. The third-order valence-corrected chi connectivity index (χ3v) is 2.42. The summed E-state index contributed by atoms with van der Waals surface area (Å²) in [6.45, 7) is 9.45. The van der Waals surface area contributed by atoms with Crippen LogP contribution in [0.3, 0.4) is 0 Å². The number of esters is 1. The molecule has 0 heterocycles. The minimum absolute atomic E-state index is 0.111. The van der Waals surface area contributed by atoms with Gasteiger partial charge in [-0.1, -0.05) is 20.3 Å². The number of hydrogen-bond acceptors (Lipinski definition) is 3. The van der Waals surface area contributed by atoms with Crippen LogP contribution in [-0.4, -0.2) is 25.8 Å². The van der Waals surface area contributed by atoms with Crippen LogP contribution in [0.25, 0.3) is 0 Å². The zero-order valence-corrected chi connectivity index (χ0v) is 9.71. The van der Waals surface area contributed by atoms with Gasteiger partial charge in [-0.05, 0) is 19.8 Å². The predicted molar refractivity (Wildman–Crippen MR) is 56.1 cm³/mol. The van der Waals surface area contributed by atoms with E-state index in [4.69, 9.17) is 9.47 Å². The van der Waals surface area contributed by atoms with Crippen molar-refractivity contribution in [3.05, 3.63) is 0 Å². The molecule has 0 saturated carbocycles. The van der Waals surface area contributed by atoms with Crippen LogP contribution in [0.4, 0.5) is 0 Å². The van der Waals surface area contributed by atoms with Crippen molar-refractivity contribution in [2.45, 2.75) is 34.1 Å². The van der Waals surface area contributed by atoms with Crippen LogP contribution in [0.15, 0.2) is 0 Å². The highest BCUT2D eigenvalue weighted by Gasteiger charge is 2.25. The average molecular weight is 202 g/mol. The maximum atomic E-state index is 11.5. The maximum Gasteiger partial charge on any atom is 0.311 e. The molecule has 0 spiro atoms. The fraction of sp³-hybridized carbons (Fsp3) is 0.909. The number of carbonyl (C=O) groups excluding carboxylic acids is 1. The number of ether oxygens (including phenoxy) is 2. The van der Waals surface area contributed by atoms with Gasteiger partial charge in [-0.25, -0.2) is 0 Å². The van der Waals surface area contributed by atoms with E-state index in [9.17, 15) is 4.79 Å². The molecule has 0 bridgehead atoms. The fourth-order valence-corrected chi connectivity index (χ4v) is 1.24. The number of hydrogen-bond donors (Lipinski definition) is 0. The van der Waals surface area contributed by atoms with E-state index in [1.54, 1.807) is 0 Å². The minimum Gasteiger partial charge on any atom is -0.466 e. The Bertz CT molecular complexity index is 157. The van der Waals surface area contributed by atoms with Crippen LogP contribution in [0.2, 0.25) is 0 Å². The molecule has 2 atom stereocenters. The number of rotatable bonds is 7. The van der Waals surface area contributed by atoms with E-state index >= 15 is 0 Å². The van der Waals surface area contributed by atoms with E-state index < -0.39 is 0 Å². The lowest BCUT2D eigenvalue weighted by molar-refractivity contribution is -0.152. The Hall–Kier alpha value is -0.570. The zero-order chi connectivity index (χ0) is 11.0. The van der Waals surface area contributed by atoms with E-state index in [1.165, 1.54) is 0 Å². The molecule has 84 valence electrons. The van der Waals surface area contributed by atoms with Gasteiger partial charge in [0.2, 0.25) is 0 Å². The smallest absolute Gasteiger partial charge is 0.311 e. The van der Waals surface area contributed by atoms with Crippen LogP contribution in [0, 0.1) is 11.8 Å². The molecule has 0 aliphatic rings. The highest BCUT2D eigenvalue weighted by molar-refractivity contribution is 5.72. The average Bonchev–Trinajstić information content (AvgIpc) is 2.18. The summed E-state index contributed by atoms with van der Waals surface area (Å²) in [6, 6.07) is 0. The SMILES string of the molecule is CCOCC(C(=O)OCC)C(C)CC. The molecule has 0 aliphatic carbocycles. The molecule has 0 aromatic heterocycles. The molecule has 0 rings (SSSR count). The molecule has 0 aromatic rings. The first-order chi connectivity index (χ1) is 6.67. The van der Waals surface area contributed by atoms with Gasteiger partial charge >= 0.3 is 5.97 Å². The van der Waals surface area contributed by atoms with Crippen LogP contribution in [0.1, 0.15) is 34.1 Å². The van der Waals surface area contributed by atoms with Gasteiger partial charge in [-0.3, -0.25) is 4.79 Å². The van der Waals surface area contributed by atoms with Crippen molar-refractivity contribution in [1.82, 2.24) is 0 Å². The largest absolute Gasteiger partial charge is 0.466 e. The van der Waals surface area contributed by atoms with Crippen LogP contribution in [-0.2, 0) is 14.3 Å². The van der Waals surface area contributed by atoms with Gasteiger partial charge in [0.1, 0.15) is 0 Å². The third kappa shape index (κ3) is 4.61. The number of carbonyl (C=O) groups is 1. The Labute approximate surface area is 86.8 Å². The standard InChI is InChI=1S/C11H22O3/c1-5-9(4)10(8-13-6-2)11(12)14-7-3/h9-10H,5-8H2,1-4H3. The van der Waals surface area contributed by atoms with Gasteiger partial charge < -0.3 is 9.47 Å². The molecule has 14 heavy (non-hydrogen) atoms. The minimum atomic E-state index is -0.129. The first kappa shape index (κ1) is 13.4. The molecule has 0 amide bonds. The Kier molecular flexibility index (Phi) is 7.48. The Morgan fingerprint density at radius 2 is 1.86 bits per heavy atom. The van der Waals surface area contributed by atoms with Crippen LogP contribution < -0.4 is 0 Å². The van der Waals surface area contributed by atoms with Gasteiger partial charge in [0.05, 0.1) is 19.1 Å². The van der Waals surface area contributed by atoms with Crippen LogP contribution >= 0.6 is 0 Å². The topological polar surface area (TPSA) is 35.5 Å². The molecule has 0 saturated heterocycles. The highest BCUT2D eigenvalue weighted by Crippen LogP contribution is 2.17. The van der Waals surface area contributed by atoms with Crippen molar-refractivity contribution in [1.29, 1.82) is 0 Å². The van der Waals surface area contributed by atoms with E-state index in [0.29, 0.717) is 25.7 Å². The molecule has 0 aromatic carbocycles. The molecule has 0 N–H and O–H groups in total. The lowest BCUT2D eigenvalue weighted by atomic mass is 9.92. The molecular weight excluding hydrogens is 180 g/mol. The van der Waals surface area contributed by atoms with Crippen molar-refractivity contribution in [3.63, 3.8) is 0 Å². The van der Waals surface area contributed by atoms with E-state index in [1.807, 2.05) is 13.8 Å². The van der Waals surface area contributed by atoms with Crippen molar-refractivity contribution in [2.24, 2.45) is 11.8 Å². The quantitative estimate of drug-likeness (QED) is 0.594. The summed E-state index contributed by atoms with van der Waals surface area (Å²) < 4.78 is 10.3. The molecular formula is C11H22O3. The first-order valence-corrected chi connectivity index (χ1v) is 5.41. The van der Waals surface area contributed by atoms with Crippen molar-refractivity contribution < 1.29 is 14.3 Å². The molecule has 0 aliphatic heterocycles. The lowest BCUT2D eigenvalue weighted by Crippen LogP contribution is -2.28. The van der Waals surface area contributed by atoms with Gasteiger partial charge in [0.25, 0.3) is 0 Å². The second kappa shape index (κ2) is 7.80. The van der Waals surface area contributed by atoms with Crippen molar-refractivity contribution in [2.75, 3.05) is 19.8 Å². The Morgan fingerprint density at radius 1 is 1.21 bits per heavy atom. The van der Waals surface area contributed by atoms with E-state index in [2.05, 4.69) is 13.8 Å². The summed E-state index contributed by atoms with van der Waals surface area (Å²) in [5.41, 5.74) is 0. The maximum absolute atomic E-state index is 11.5. The van der Waals surface area contributed by atoms with E-state index in [0.717, 1.165) is 6.42 Å². The summed E-state index contributed by atoms with van der Waals surface area (Å²) in [6.07, 6.45) is 0.969. The predicted octanol–water partition coefficient (Wildman–Crippen LogP) is 2.25. The summed E-state index contributed by atoms with van der Waals surface area (Å²) in [5.74, 6) is 0.0794. The Balaban J connectivity index is 4.15. The third-order valence-electron chi connectivity index (χ3n) is 2.42. The monoisotopic (exact) mass is 202 g/mol. The normalized spacial score (nSPS) is 14.9. The molecule has 3 heteroatoms. The van der Waals surface area contributed by atoms with E-state index in [-0.39, 0.29) is 11.9 Å². The lowest BCUT2D eigenvalue weighted by Gasteiger charge is -2.20. The Morgan fingerprint density at radius 3 is 2.29 bits per heavy atom. The molecule has 3 nitrogen and oxygen atoms in total. The van der Waals surface area contributed by atoms with Gasteiger partial charge in [0.15, 0.2) is 0 Å². The molecule has 0 radical (unpaired) electrons.